The Morgan fingerprint density at radius 1 is 1.25 bits per heavy atom. The highest BCUT2D eigenvalue weighted by molar-refractivity contribution is 7.19. The van der Waals surface area contributed by atoms with Crippen LogP contribution >= 0.6 is 22.9 Å². The number of nitrogens with one attached hydrogen (secondary N) is 1. The number of likely N-dealkylation sites (tertiary alicyclic amines) is 1. The topological polar surface area (TPSA) is 95.0 Å². The Morgan fingerprint density at radius 2 is 2.08 bits per heavy atom. The molecule has 1 aromatic carbocycles. The zero-order chi connectivity index (χ0) is 24.8. The first-order chi connectivity index (χ1) is 17.5. The monoisotopic (exact) mass is 526 g/mol. The fourth-order valence-corrected chi connectivity index (χ4v) is 6.67. The van der Waals surface area contributed by atoms with E-state index in [-0.39, 0.29) is 11.8 Å². The summed E-state index contributed by atoms with van der Waals surface area (Å²) in [6.07, 6.45) is 2.58. The molecule has 8 nitrogen and oxygen atoms in total. The zero-order valence-corrected chi connectivity index (χ0v) is 21.3. The first kappa shape index (κ1) is 23.7. The van der Waals surface area contributed by atoms with E-state index in [4.69, 9.17) is 16.3 Å². The third-order valence-electron chi connectivity index (χ3n) is 7.15. The van der Waals surface area contributed by atoms with Crippen LogP contribution in [-0.2, 0) is 22.4 Å². The van der Waals surface area contributed by atoms with Crippen LogP contribution in [0.2, 0.25) is 5.02 Å². The summed E-state index contributed by atoms with van der Waals surface area (Å²) >= 11 is 8.15. The molecule has 36 heavy (non-hydrogen) atoms. The normalized spacial score (nSPS) is 21.8. The summed E-state index contributed by atoms with van der Waals surface area (Å²) in [5, 5.41) is 13.9. The van der Waals surface area contributed by atoms with Gasteiger partial charge in [0.1, 0.15) is 12.0 Å². The van der Waals surface area contributed by atoms with Crippen LogP contribution < -0.4 is 10.1 Å². The van der Waals surface area contributed by atoms with Gasteiger partial charge in [0, 0.05) is 84.8 Å². The maximum absolute atomic E-state index is 13.1. The van der Waals surface area contributed by atoms with Crippen LogP contribution in [0.4, 0.5) is 0 Å². The van der Waals surface area contributed by atoms with Crippen LogP contribution in [0, 0.1) is 0 Å². The molecule has 2 N–H and O–H groups in total. The smallest absolute Gasteiger partial charge is 0.264 e. The molecule has 2 saturated heterocycles. The zero-order valence-electron chi connectivity index (χ0n) is 19.7. The number of pyridine rings is 1. The van der Waals surface area contributed by atoms with E-state index in [9.17, 15) is 14.7 Å². The molecule has 0 radical (unpaired) electrons. The summed E-state index contributed by atoms with van der Waals surface area (Å²) in [7, 11) is 0. The van der Waals surface area contributed by atoms with Gasteiger partial charge in [0.15, 0.2) is 6.10 Å². The van der Waals surface area contributed by atoms with E-state index >= 15 is 0 Å². The second kappa shape index (κ2) is 9.63. The van der Waals surface area contributed by atoms with Crippen LogP contribution in [0.15, 0.2) is 30.5 Å². The minimum absolute atomic E-state index is 0.000943. The highest BCUT2D eigenvalue weighted by Crippen LogP contribution is 2.44. The highest BCUT2D eigenvalue weighted by Gasteiger charge is 2.35. The number of hydrogen-bond acceptors (Lipinski definition) is 7. The second-order valence-electron chi connectivity index (χ2n) is 9.47. The fourth-order valence-electron chi connectivity index (χ4n) is 5.30. The number of halogens is 1. The molecule has 188 valence electrons. The molecular formula is C26H27ClN4O4S. The molecule has 3 aromatic rings. The van der Waals surface area contributed by atoms with Crippen molar-refractivity contribution < 1.29 is 19.4 Å². The molecule has 2 unspecified atom stereocenters. The van der Waals surface area contributed by atoms with E-state index in [0.29, 0.717) is 56.1 Å². The van der Waals surface area contributed by atoms with Crippen molar-refractivity contribution in [3.8, 4) is 16.9 Å². The van der Waals surface area contributed by atoms with Crippen LogP contribution in [0.25, 0.3) is 21.3 Å². The predicted octanol–water partition coefficient (Wildman–Crippen LogP) is 2.84. The molecule has 0 saturated carbocycles. The first-order valence-corrected chi connectivity index (χ1v) is 13.5. The van der Waals surface area contributed by atoms with Crippen molar-refractivity contribution in [2.45, 2.75) is 38.0 Å². The van der Waals surface area contributed by atoms with Crippen LogP contribution in [0.1, 0.15) is 23.3 Å². The minimum Gasteiger partial charge on any atom is -0.479 e. The summed E-state index contributed by atoms with van der Waals surface area (Å²) in [4.78, 5) is 34.2. The van der Waals surface area contributed by atoms with Gasteiger partial charge in [-0.2, -0.15) is 0 Å². The number of aliphatic hydroxyl groups is 1. The molecule has 0 bridgehead atoms. The van der Waals surface area contributed by atoms with E-state index < -0.39 is 12.3 Å². The summed E-state index contributed by atoms with van der Waals surface area (Å²) in [5.41, 5.74) is 3.62. The number of aromatic nitrogens is 1. The van der Waals surface area contributed by atoms with Gasteiger partial charge in [0.2, 0.25) is 5.91 Å². The Morgan fingerprint density at radius 3 is 2.86 bits per heavy atom. The molecule has 5 heterocycles. The maximum Gasteiger partial charge on any atom is 0.264 e. The molecule has 3 aliphatic heterocycles. The lowest BCUT2D eigenvalue weighted by molar-refractivity contribution is -0.138. The summed E-state index contributed by atoms with van der Waals surface area (Å²) in [6.45, 7) is 3.44. The lowest BCUT2D eigenvalue weighted by Crippen LogP contribution is -2.50. The molecule has 0 spiro atoms. The largest absolute Gasteiger partial charge is 0.479 e. The molecule has 2 amide bonds. The number of benzene rings is 1. The number of fused-ring (bicyclic) bond motifs is 2. The SMILES string of the molecule is O=C(C1Cc2cc(Cl)cc(-c3ccnc4cc(CCN5C(=O)CCC5O)sc34)c2O1)N1CCNCC1. The predicted molar refractivity (Wildman–Crippen MR) is 138 cm³/mol. The molecular weight excluding hydrogens is 500 g/mol. The van der Waals surface area contributed by atoms with Gasteiger partial charge < -0.3 is 25.0 Å². The van der Waals surface area contributed by atoms with Gasteiger partial charge in [-0.15, -0.1) is 11.3 Å². The number of piperazine rings is 1. The number of rotatable bonds is 5. The van der Waals surface area contributed by atoms with Crippen LogP contribution in [0.3, 0.4) is 0 Å². The molecule has 2 fully saturated rings. The minimum atomic E-state index is -0.691. The van der Waals surface area contributed by atoms with Crippen molar-refractivity contribution >= 4 is 45.0 Å². The lowest BCUT2D eigenvalue weighted by Gasteiger charge is -2.29. The highest BCUT2D eigenvalue weighted by atomic mass is 35.5. The standard InChI is InChI=1S/C26H27ClN4O4S/c27-16-11-15-12-21(26(34)30-9-6-28-7-10-30)35-24(15)19(13-16)18-3-5-29-20-14-17(36-25(18)20)4-8-31-22(32)1-2-23(31)33/h3,5,11,13-14,21-22,28,32H,1-2,4,6-10,12H2. The molecule has 6 rings (SSSR count). The van der Waals surface area contributed by atoms with Crippen LogP contribution in [-0.4, -0.2) is 76.8 Å². The second-order valence-corrected chi connectivity index (χ2v) is 11.0. The third kappa shape index (κ3) is 4.34. The van der Waals surface area contributed by atoms with Gasteiger partial charge in [-0.3, -0.25) is 14.6 Å². The maximum atomic E-state index is 13.1. The molecule has 0 aliphatic carbocycles. The number of hydrogen-bond donors (Lipinski definition) is 2. The van der Waals surface area contributed by atoms with E-state index in [2.05, 4.69) is 10.3 Å². The number of thiophene rings is 1. The van der Waals surface area contributed by atoms with Gasteiger partial charge >= 0.3 is 0 Å². The number of carbonyl (C=O) groups is 2. The number of carbonyl (C=O) groups excluding carboxylic acids is 2. The summed E-state index contributed by atoms with van der Waals surface area (Å²) in [6, 6.07) is 7.78. The molecule has 10 heteroatoms. The fraction of sp³-hybridized carbons (Fsp3) is 0.423. The Balaban J connectivity index is 1.29. The van der Waals surface area contributed by atoms with E-state index in [0.717, 1.165) is 44.9 Å². The summed E-state index contributed by atoms with van der Waals surface area (Å²) in [5.74, 6) is 0.729. The Hall–Kier alpha value is -2.72. The number of aliphatic hydroxyl groups excluding tert-OH is 1. The van der Waals surface area contributed by atoms with E-state index in [1.807, 2.05) is 29.2 Å². The lowest BCUT2D eigenvalue weighted by atomic mass is 10.0. The van der Waals surface area contributed by atoms with E-state index in [1.54, 1.807) is 22.4 Å². The number of nitrogens with zero attached hydrogens (tertiary/aromatic N) is 3. The van der Waals surface area contributed by atoms with Crippen molar-refractivity contribution in [1.29, 1.82) is 0 Å². The Bertz CT molecular complexity index is 1340. The number of amides is 2. The van der Waals surface area contributed by atoms with Crippen molar-refractivity contribution in [2.24, 2.45) is 0 Å². The van der Waals surface area contributed by atoms with E-state index in [1.165, 1.54) is 0 Å². The van der Waals surface area contributed by atoms with Crippen LogP contribution in [0.5, 0.6) is 5.75 Å². The molecule has 2 aromatic heterocycles. The average molecular weight is 527 g/mol. The van der Waals surface area contributed by atoms with Gasteiger partial charge in [-0.25, -0.2) is 0 Å². The van der Waals surface area contributed by atoms with Crippen molar-refractivity contribution in [1.82, 2.24) is 20.1 Å². The van der Waals surface area contributed by atoms with Gasteiger partial charge in [0.25, 0.3) is 5.91 Å². The Kier molecular flexibility index (Phi) is 6.33. The van der Waals surface area contributed by atoms with Gasteiger partial charge in [0.05, 0.1) is 10.2 Å². The number of ether oxygens (including phenoxy) is 1. The average Bonchev–Trinajstić information content (AvgIpc) is 3.58. The van der Waals surface area contributed by atoms with Crippen molar-refractivity contribution in [3.05, 3.63) is 45.9 Å². The Labute approximate surface area is 217 Å². The first-order valence-electron chi connectivity index (χ1n) is 12.3. The van der Waals surface area contributed by atoms with Gasteiger partial charge in [-0.1, -0.05) is 11.6 Å². The molecule has 3 aliphatic rings. The van der Waals surface area contributed by atoms with Crippen molar-refractivity contribution in [2.75, 3.05) is 32.7 Å². The third-order valence-corrected chi connectivity index (χ3v) is 8.58. The summed E-state index contributed by atoms with van der Waals surface area (Å²) < 4.78 is 7.30. The van der Waals surface area contributed by atoms with Crippen molar-refractivity contribution in [3.63, 3.8) is 0 Å². The molecule has 2 atom stereocenters. The van der Waals surface area contributed by atoms with Gasteiger partial charge in [-0.05, 0) is 30.7 Å². The quantitative estimate of drug-likeness (QED) is 0.531.